The summed E-state index contributed by atoms with van der Waals surface area (Å²) in [7, 11) is 0. The van der Waals surface area contributed by atoms with E-state index in [2.05, 4.69) is 60.7 Å². The number of thioether (sulfide) groups is 1. The zero-order chi connectivity index (χ0) is 34.5. The molecule has 258 valence electrons. The molecule has 0 spiro atoms. The van der Waals surface area contributed by atoms with Crippen molar-refractivity contribution in [1.29, 1.82) is 0 Å². The van der Waals surface area contributed by atoms with Gasteiger partial charge >= 0.3 is 0 Å². The molecule has 3 N–H and O–H groups in total. The van der Waals surface area contributed by atoms with Gasteiger partial charge in [0.1, 0.15) is 6.29 Å². The van der Waals surface area contributed by atoms with Gasteiger partial charge in [-0.1, -0.05) is 173 Å². The number of hydrogen-bond donors (Lipinski definition) is 2. The Morgan fingerprint density at radius 2 is 1.19 bits per heavy atom. The van der Waals surface area contributed by atoms with Gasteiger partial charge in [0.15, 0.2) is 0 Å². The quantitative estimate of drug-likeness (QED) is 0.225. The molecule has 1 aliphatic rings. The van der Waals surface area contributed by atoms with Crippen LogP contribution < -0.4 is 11.1 Å². The summed E-state index contributed by atoms with van der Waals surface area (Å²) in [5.41, 5.74) is 5.28. The lowest BCUT2D eigenvalue weighted by Crippen LogP contribution is -2.31. The Morgan fingerprint density at radius 3 is 1.43 bits per heavy atom. The van der Waals surface area contributed by atoms with Gasteiger partial charge in [-0.05, 0) is 37.5 Å². The average Bonchev–Trinajstić information content (AvgIpc) is 2.96. The van der Waals surface area contributed by atoms with Crippen LogP contribution in [0, 0.1) is 23.7 Å². The molecule has 1 aliphatic carbocycles. The molecule has 0 aromatic heterocycles. The van der Waals surface area contributed by atoms with E-state index in [-0.39, 0.29) is 28.4 Å². The Labute approximate surface area is 270 Å². The second kappa shape index (κ2) is 44.4. The number of amides is 2. The van der Waals surface area contributed by atoms with E-state index in [0.717, 1.165) is 56.6 Å². The topological polar surface area (TPSA) is 89.3 Å². The van der Waals surface area contributed by atoms with Crippen molar-refractivity contribution < 1.29 is 14.4 Å². The summed E-state index contributed by atoms with van der Waals surface area (Å²) in [6, 6.07) is -0.389. The number of nitrogens with two attached hydrogens (primary N) is 1. The molecule has 0 heterocycles. The van der Waals surface area contributed by atoms with Crippen LogP contribution in [0.15, 0.2) is 0 Å². The Hall–Kier alpha value is -1.04. The van der Waals surface area contributed by atoms with Gasteiger partial charge < -0.3 is 15.8 Å². The van der Waals surface area contributed by atoms with Crippen molar-refractivity contribution in [3.8, 4) is 0 Å². The first-order chi connectivity index (χ1) is 19.8. The minimum absolute atomic E-state index is 0.114. The first kappa shape index (κ1) is 53.5. The highest BCUT2D eigenvalue weighted by Gasteiger charge is 2.14. The molecule has 2 atom stereocenters. The molecule has 1 fully saturated rings. The third-order valence-corrected chi connectivity index (χ3v) is 7.14. The fourth-order valence-corrected chi connectivity index (χ4v) is 4.06. The Balaban J connectivity index is -0.000000102. The Morgan fingerprint density at radius 1 is 0.810 bits per heavy atom. The van der Waals surface area contributed by atoms with Gasteiger partial charge in [-0.3, -0.25) is 9.59 Å². The minimum Gasteiger partial charge on any atom is -0.369 e. The number of carbonyl (C=O) groups is 3. The number of rotatable bonds is 11. The maximum Gasteiger partial charge on any atom is 0.279 e. The molecular weight excluding hydrogens is 540 g/mol. The van der Waals surface area contributed by atoms with E-state index in [9.17, 15) is 14.4 Å². The third-order valence-electron chi connectivity index (χ3n) is 5.89. The van der Waals surface area contributed by atoms with Crippen molar-refractivity contribution in [3.63, 3.8) is 0 Å². The molecule has 0 radical (unpaired) electrons. The molecule has 0 bridgehead atoms. The predicted octanol–water partition coefficient (Wildman–Crippen LogP) is 11.9. The molecule has 1 unspecified atom stereocenters. The van der Waals surface area contributed by atoms with E-state index in [1.54, 1.807) is 6.92 Å². The normalized spacial score (nSPS) is 13.2. The zero-order valence-electron chi connectivity index (χ0n) is 31.5. The number of primary amides is 1. The zero-order valence-corrected chi connectivity index (χ0v) is 32.3. The van der Waals surface area contributed by atoms with E-state index in [4.69, 9.17) is 5.73 Å². The fraction of sp³-hybridized carbons (Fsp3) is 0.917. The molecule has 2 amide bonds. The van der Waals surface area contributed by atoms with E-state index >= 15 is 0 Å². The first-order valence-electron chi connectivity index (χ1n) is 17.5. The highest BCUT2D eigenvalue weighted by atomic mass is 32.2. The number of unbranched alkanes of at least 4 members (excludes halogenated alkanes) is 2. The molecule has 1 saturated carbocycles. The average molecular weight is 621 g/mol. The van der Waals surface area contributed by atoms with Gasteiger partial charge in [0, 0.05) is 11.2 Å². The van der Waals surface area contributed by atoms with Crippen LogP contribution in [-0.4, -0.2) is 28.7 Å². The van der Waals surface area contributed by atoms with Crippen LogP contribution in [0.4, 0.5) is 4.79 Å². The smallest absolute Gasteiger partial charge is 0.279 e. The van der Waals surface area contributed by atoms with Crippen LogP contribution in [0.2, 0.25) is 0 Å². The van der Waals surface area contributed by atoms with E-state index in [1.165, 1.54) is 43.9 Å². The lowest BCUT2D eigenvalue weighted by atomic mass is 9.91. The molecule has 5 nitrogen and oxygen atoms in total. The van der Waals surface area contributed by atoms with Crippen LogP contribution in [0.25, 0.3) is 0 Å². The van der Waals surface area contributed by atoms with Crippen molar-refractivity contribution in [2.45, 2.75) is 193 Å². The summed E-state index contributed by atoms with van der Waals surface area (Å²) in [5, 5.41) is 2.72. The maximum atomic E-state index is 11.2. The Bertz CT molecular complexity index is 511. The lowest BCUT2D eigenvalue weighted by molar-refractivity contribution is -0.122. The van der Waals surface area contributed by atoms with E-state index < -0.39 is 0 Å². The molecule has 42 heavy (non-hydrogen) atoms. The van der Waals surface area contributed by atoms with Crippen molar-refractivity contribution in [2.75, 3.05) is 0 Å². The fourth-order valence-electron chi connectivity index (χ4n) is 3.20. The second-order valence-electron chi connectivity index (χ2n) is 11.3. The summed E-state index contributed by atoms with van der Waals surface area (Å²) in [6.07, 6.45) is 14.7. The highest BCUT2D eigenvalue weighted by Crippen LogP contribution is 2.22. The van der Waals surface area contributed by atoms with Crippen molar-refractivity contribution in [1.82, 2.24) is 5.32 Å². The van der Waals surface area contributed by atoms with Crippen LogP contribution in [0.1, 0.15) is 181 Å². The summed E-state index contributed by atoms with van der Waals surface area (Å²) >= 11 is 1.24. The van der Waals surface area contributed by atoms with Crippen molar-refractivity contribution in [2.24, 2.45) is 29.4 Å². The summed E-state index contributed by atoms with van der Waals surface area (Å²) in [6.45, 7) is 32.9. The minimum atomic E-state index is -0.389. The number of hydrogen-bond acceptors (Lipinski definition) is 4. The van der Waals surface area contributed by atoms with Crippen LogP contribution in [0.3, 0.4) is 0 Å². The number of nitrogens with one attached hydrogen (secondary N) is 1. The van der Waals surface area contributed by atoms with Gasteiger partial charge in [0.2, 0.25) is 5.91 Å². The Kier molecular flexibility index (Phi) is 56.6. The van der Waals surface area contributed by atoms with E-state index in [1.807, 2.05) is 48.5 Å². The van der Waals surface area contributed by atoms with Gasteiger partial charge in [-0.25, -0.2) is 0 Å². The van der Waals surface area contributed by atoms with Gasteiger partial charge in [-0.2, -0.15) is 0 Å². The second-order valence-corrected chi connectivity index (χ2v) is 12.6. The molecule has 0 aromatic rings. The van der Waals surface area contributed by atoms with Gasteiger partial charge in [0.05, 0.1) is 6.04 Å². The molecule has 0 saturated heterocycles. The third kappa shape index (κ3) is 51.7. The molecule has 1 rings (SSSR count). The summed E-state index contributed by atoms with van der Waals surface area (Å²) < 4.78 is 0. The standard InChI is InChI=1S/C10H21NO.C9H17NO2S.C7H14.C4H10.3C2H6/c1-3-5-7-9(10(11)12)8-6-4-2;1-6(2)8(4)13-9(12)10-7(3)5-11;1-7-5-3-2-4-6-7;1-4(2)3;3*1-2/h9H,3-8H2,1-2H3,(H2,11,12);5-8H,1-4H3,(H,10,12);7H,2-6H2,1H3;4H,1-3H3;3*1-2H3/t;7?,8-;;;;;/m.1...../s1. The first-order valence-corrected chi connectivity index (χ1v) is 18.4. The molecule has 6 heteroatoms. The largest absolute Gasteiger partial charge is 0.369 e. The number of aldehydes is 1. The van der Waals surface area contributed by atoms with Crippen LogP contribution in [0.5, 0.6) is 0 Å². The van der Waals surface area contributed by atoms with Crippen LogP contribution >= 0.6 is 11.8 Å². The van der Waals surface area contributed by atoms with Crippen LogP contribution in [-0.2, 0) is 9.59 Å². The SMILES string of the molecule is CC.CC.CC.CC(C)C.CC(C=O)NC(=O)S[C@H](C)C(C)C.CC1CCCCC1.CCCCC(CCCC)C(N)=O. The lowest BCUT2D eigenvalue weighted by Gasteiger charge is -2.15. The highest BCUT2D eigenvalue weighted by molar-refractivity contribution is 8.14. The van der Waals surface area contributed by atoms with Crippen molar-refractivity contribution in [3.05, 3.63) is 0 Å². The molecule has 0 aliphatic heterocycles. The summed E-state index contributed by atoms with van der Waals surface area (Å²) in [4.78, 5) is 32.4. The van der Waals surface area contributed by atoms with E-state index in [0.29, 0.717) is 5.92 Å². The van der Waals surface area contributed by atoms with Gasteiger partial charge in [-0.15, -0.1) is 0 Å². The monoisotopic (exact) mass is 621 g/mol. The van der Waals surface area contributed by atoms with Gasteiger partial charge in [0.25, 0.3) is 5.24 Å². The molecule has 0 aromatic carbocycles. The van der Waals surface area contributed by atoms with Crippen molar-refractivity contribution >= 4 is 29.2 Å². The number of carbonyl (C=O) groups excluding carboxylic acids is 3. The maximum absolute atomic E-state index is 11.2. The predicted molar refractivity (Wildman–Crippen MR) is 194 cm³/mol. The summed E-state index contributed by atoms with van der Waals surface area (Å²) in [5.74, 6) is 2.35. The molecular formula is C36H80N2O3S.